The summed E-state index contributed by atoms with van der Waals surface area (Å²) in [6, 6.07) is 59.9. The van der Waals surface area contributed by atoms with Crippen LogP contribution in [0.4, 0.5) is 11.4 Å². The van der Waals surface area contributed by atoms with Crippen LogP contribution in [0.1, 0.15) is 23.5 Å². The summed E-state index contributed by atoms with van der Waals surface area (Å²) in [5, 5.41) is 5.06. The Kier molecular flexibility index (Phi) is 6.04. The fourth-order valence-corrected chi connectivity index (χ4v) is 8.02. The Morgan fingerprint density at radius 3 is 2.06 bits per heavy atom. The molecule has 0 radical (unpaired) electrons. The molecule has 2 heteroatoms. The minimum absolute atomic E-state index is 0.350. The number of nitrogens with zero attached hydrogens (tertiary/aromatic N) is 2. The quantitative estimate of drug-likeness (QED) is 0.192. The molecule has 8 aromatic rings. The third kappa shape index (κ3) is 4.19. The van der Waals surface area contributed by atoms with Gasteiger partial charge in [-0.05, 0) is 99.6 Å². The van der Waals surface area contributed by atoms with Crippen LogP contribution in [0, 0.1) is 0 Å². The molecule has 2 heterocycles. The monoisotopic (exact) mass is 612 g/mol. The third-order valence-electron chi connectivity index (χ3n) is 10.3. The maximum absolute atomic E-state index is 2.43. The van der Waals surface area contributed by atoms with E-state index in [1.807, 2.05) is 0 Å². The van der Waals surface area contributed by atoms with Crippen molar-refractivity contribution in [2.45, 2.75) is 12.3 Å². The molecule has 2 aliphatic rings. The molecule has 0 fully saturated rings. The van der Waals surface area contributed by atoms with Crippen LogP contribution in [0.3, 0.4) is 0 Å². The lowest BCUT2D eigenvalue weighted by Gasteiger charge is -2.26. The van der Waals surface area contributed by atoms with Crippen molar-refractivity contribution >= 4 is 49.5 Å². The van der Waals surface area contributed by atoms with Gasteiger partial charge in [-0.3, -0.25) is 0 Å². The highest BCUT2D eigenvalue weighted by Gasteiger charge is 2.36. The smallest absolute Gasteiger partial charge is 0.0541 e. The lowest BCUT2D eigenvalue weighted by molar-refractivity contribution is 0.832. The number of anilines is 2. The molecule has 0 N–H and O–H groups in total. The van der Waals surface area contributed by atoms with Gasteiger partial charge in [-0.1, -0.05) is 121 Å². The van der Waals surface area contributed by atoms with E-state index in [1.54, 1.807) is 0 Å². The fraction of sp³-hybridized carbons (Fsp3) is 0.0435. The minimum atomic E-state index is 0.350. The average molecular weight is 613 g/mol. The second kappa shape index (κ2) is 10.7. The first-order valence-corrected chi connectivity index (χ1v) is 16.8. The first-order chi connectivity index (χ1) is 23.8. The summed E-state index contributed by atoms with van der Waals surface area (Å²) in [4.78, 5) is 2.43. The largest absolute Gasteiger partial charge is 0.313 e. The van der Waals surface area contributed by atoms with Crippen molar-refractivity contribution in [1.82, 2.24) is 4.57 Å². The fourth-order valence-electron chi connectivity index (χ4n) is 8.02. The van der Waals surface area contributed by atoms with Crippen LogP contribution in [0.5, 0.6) is 0 Å². The third-order valence-corrected chi connectivity index (χ3v) is 10.3. The number of benzene rings is 7. The van der Waals surface area contributed by atoms with Crippen LogP contribution in [0.2, 0.25) is 0 Å². The second-order valence-corrected chi connectivity index (χ2v) is 13.0. The zero-order valence-corrected chi connectivity index (χ0v) is 26.4. The molecule has 226 valence electrons. The van der Waals surface area contributed by atoms with Gasteiger partial charge in [0.2, 0.25) is 0 Å². The van der Waals surface area contributed by atoms with E-state index in [-0.39, 0.29) is 0 Å². The van der Waals surface area contributed by atoms with Crippen molar-refractivity contribution in [2.24, 2.45) is 0 Å². The number of hydrogen-bond donors (Lipinski definition) is 0. The van der Waals surface area contributed by atoms with E-state index >= 15 is 0 Å². The van der Waals surface area contributed by atoms with Crippen molar-refractivity contribution in [3.8, 4) is 16.8 Å². The van der Waals surface area contributed by atoms with E-state index in [0.717, 1.165) is 6.42 Å². The Bertz CT molecular complexity index is 2580. The summed E-state index contributed by atoms with van der Waals surface area (Å²) in [7, 11) is 0. The normalized spacial score (nSPS) is 15.4. The molecular formula is C46H32N2. The van der Waals surface area contributed by atoms with Gasteiger partial charge in [0.1, 0.15) is 0 Å². The summed E-state index contributed by atoms with van der Waals surface area (Å²) in [6.07, 6.45) is 5.66. The first kappa shape index (κ1) is 27.0. The molecular weight excluding hydrogens is 581 g/mol. The number of para-hydroxylation sites is 3. The second-order valence-electron chi connectivity index (χ2n) is 13.0. The molecule has 1 atom stereocenters. The molecule has 0 saturated carbocycles. The van der Waals surface area contributed by atoms with E-state index in [4.69, 9.17) is 0 Å². The van der Waals surface area contributed by atoms with Crippen molar-refractivity contribution in [2.75, 3.05) is 4.90 Å². The molecule has 0 amide bonds. The van der Waals surface area contributed by atoms with Gasteiger partial charge in [0.05, 0.1) is 11.0 Å². The van der Waals surface area contributed by atoms with Crippen LogP contribution < -0.4 is 4.90 Å². The zero-order valence-electron chi connectivity index (χ0n) is 26.4. The SMILES string of the molecule is C1=C(c2ccc(-c3ccc4c(c3)c3ccccc3n4-c3ccc4ccccc4c3)cc2)CC2C(=C1)N(c1ccccc1)c1ccccc12. The van der Waals surface area contributed by atoms with Crippen LogP contribution in [-0.2, 0) is 0 Å². The van der Waals surface area contributed by atoms with Crippen LogP contribution in [0.15, 0.2) is 182 Å². The number of hydrogen-bond acceptors (Lipinski definition) is 1. The summed E-state index contributed by atoms with van der Waals surface area (Å²) in [6.45, 7) is 0. The summed E-state index contributed by atoms with van der Waals surface area (Å²) in [5.74, 6) is 0.350. The van der Waals surface area contributed by atoms with Gasteiger partial charge in [0.15, 0.2) is 0 Å². The van der Waals surface area contributed by atoms with Gasteiger partial charge < -0.3 is 9.47 Å². The summed E-state index contributed by atoms with van der Waals surface area (Å²) in [5.41, 5.74) is 14.1. The van der Waals surface area contributed by atoms with Crippen molar-refractivity contribution < 1.29 is 0 Å². The molecule has 0 spiro atoms. The highest BCUT2D eigenvalue weighted by atomic mass is 15.2. The predicted molar refractivity (Wildman–Crippen MR) is 202 cm³/mol. The van der Waals surface area contributed by atoms with Crippen LogP contribution in [-0.4, -0.2) is 4.57 Å². The average Bonchev–Trinajstić information content (AvgIpc) is 3.67. The van der Waals surface area contributed by atoms with Gasteiger partial charge >= 0.3 is 0 Å². The number of allylic oxidation sites excluding steroid dienone is 4. The maximum Gasteiger partial charge on any atom is 0.0541 e. The molecule has 2 nitrogen and oxygen atoms in total. The van der Waals surface area contributed by atoms with E-state index in [0.29, 0.717) is 5.92 Å². The molecule has 48 heavy (non-hydrogen) atoms. The van der Waals surface area contributed by atoms with E-state index in [9.17, 15) is 0 Å². The Morgan fingerprint density at radius 1 is 0.458 bits per heavy atom. The summed E-state index contributed by atoms with van der Waals surface area (Å²) >= 11 is 0. The standard InChI is InChI=1S/C46H32N2/c1-2-12-37(13-3-1)47-43-16-8-6-14-39(43)41-29-35(23-26-45(41)47)32-18-20-33(21-19-32)36-24-27-46-42(30-36)40-15-7-9-17-44(40)48(46)38-25-22-31-10-4-5-11-34(31)28-38/h1-28,30,41H,29H2. The van der Waals surface area contributed by atoms with E-state index < -0.39 is 0 Å². The van der Waals surface area contributed by atoms with Gasteiger partial charge in [-0.2, -0.15) is 0 Å². The molecule has 1 aliphatic carbocycles. The minimum Gasteiger partial charge on any atom is -0.313 e. The Morgan fingerprint density at radius 2 is 1.17 bits per heavy atom. The Labute approximate surface area is 280 Å². The van der Waals surface area contributed by atoms with E-state index in [1.165, 1.54) is 83.2 Å². The first-order valence-electron chi connectivity index (χ1n) is 16.8. The molecule has 1 unspecified atom stereocenters. The van der Waals surface area contributed by atoms with Crippen molar-refractivity contribution in [3.63, 3.8) is 0 Å². The van der Waals surface area contributed by atoms with Crippen LogP contribution >= 0.6 is 0 Å². The molecule has 0 bridgehead atoms. The van der Waals surface area contributed by atoms with E-state index in [2.05, 4.69) is 185 Å². The maximum atomic E-state index is 2.43. The van der Waals surface area contributed by atoms with Gasteiger partial charge in [0, 0.05) is 39.4 Å². The predicted octanol–water partition coefficient (Wildman–Crippen LogP) is 12.2. The van der Waals surface area contributed by atoms with Gasteiger partial charge in [-0.25, -0.2) is 0 Å². The lowest BCUT2D eigenvalue weighted by Crippen LogP contribution is -2.15. The lowest BCUT2D eigenvalue weighted by atomic mass is 9.84. The molecule has 1 aliphatic heterocycles. The molecule has 10 rings (SSSR count). The van der Waals surface area contributed by atoms with Gasteiger partial charge in [0.25, 0.3) is 0 Å². The number of rotatable bonds is 4. The number of fused-ring (bicyclic) bond motifs is 7. The van der Waals surface area contributed by atoms with Crippen LogP contribution in [0.25, 0.3) is 55.0 Å². The highest BCUT2D eigenvalue weighted by molar-refractivity contribution is 6.10. The Hall–Kier alpha value is -6.12. The molecule has 1 aromatic heterocycles. The Balaban J connectivity index is 1.00. The van der Waals surface area contributed by atoms with Gasteiger partial charge in [-0.15, -0.1) is 0 Å². The van der Waals surface area contributed by atoms with Crippen molar-refractivity contribution in [3.05, 3.63) is 193 Å². The topological polar surface area (TPSA) is 8.17 Å². The molecule has 7 aromatic carbocycles. The zero-order chi connectivity index (χ0) is 31.6. The summed E-state index contributed by atoms with van der Waals surface area (Å²) < 4.78 is 2.40. The highest BCUT2D eigenvalue weighted by Crippen LogP contribution is 2.52. The molecule has 0 saturated heterocycles. The number of aromatic nitrogens is 1. The van der Waals surface area contributed by atoms with Crippen molar-refractivity contribution in [1.29, 1.82) is 0 Å².